The van der Waals surface area contributed by atoms with E-state index in [9.17, 15) is 8.78 Å². The molecule has 2 fully saturated rings. The van der Waals surface area contributed by atoms with Crippen molar-refractivity contribution in [3.63, 3.8) is 0 Å². The number of benzene rings is 1. The van der Waals surface area contributed by atoms with Gasteiger partial charge in [-0.15, -0.1) is 0 Å². The van der Waals surface area contributed by atoms with Crippen LogP contribution in [0.1, 0.15) is 24.4 Å². The Morgan fingerprint density at radius 1 is 1.35 bits per heavy atom. The molecule has 2 atom stereocenters. The van der Waals surface area contributed by atoms with Crippen molar-refractivity contribution in [3.05, 3.63) is 35.4 Å². The number of rotatable bonds is 4. The van der Waals surface area contributed by atoms with E-state index in [1.165, 1.54) is 0 Å². The molecule has 0 radical (unpaired) electrons. The summed E-state index contributed by atoms with van der Waals surface area (Å²) in [5.74, 6) is -1.53. The van der Waals surface area contributed by atoms with Gasteiger partial charge in [-0.1, -0.05) is 12.1 Å². The molecule has 1 aliphatic carbocycles. The zero-order chi connectivity index (χ0) is 14.1. The highest BCUT2D eigenvalue weighted by Gasteiger charge is 2.42. The molecule has 20 heavy (non-hydrogen) atoms. The van der Waals surface area contributed by atoms with Gasteiger partial charge in [-0.2, -0.15) is 0 Å². The van der Waals surface area contributed by atoms with Crippen molar-refractivity contribution in [1.82, 2.24) is 10.2 Å². The highest BCUT2D eigenvalue weighted by Crippen LogP contribution is 2.39. The summed E-state index contributed by atoms with van der Waals surface area (Å²) in [4.78, 5) is 2.28. The normalized spacial score (nSPS) is 27.8. The molecule has 1 heterocycles. The molecule has 1 aromatic rings. The molecule has 1 saturated heterocycles. The average molecular weight is 282 g/mol. The van der Waals surface area contributed by atoms with Gasteiger partial charge in [0.25, 0.3) is 0 Å². The average Bonchev–Trinajstić information content (AvgIpc) is 3.27. The van der Waals surface area contributed by atoms with Gasteiger partial charge in [-0.05, 0) is 26.0 Å². The molecule has 0 bridgehead atoms. The highest BCUT2D eigenvalue weighted by molar-refractivity contribution is 5.25. The summed E-state index contributed by atoms with van der Waals surface area (Å²) < 4.78 is 33.5. The second-order valence-corrected chi connectivity index (χ2v) is 5.52. The molecule has 3 nitrogen and oxygen atoms in total. The molecular formula is C15H20F2N2O. The standard InChI is InChI=1S/C15H20F2N2O/c1-18-9-13-15(11-3-2-4-12(16)14(11)17)19(7-8-20-13)10-5-6-10/h2-4,10,13,15,18H,5-9H2,1H3. The van der Waals surface area contributed by atoms with E-state index in [0.717, 1.165) is 25.5 Å². The predicted molar refractivity (Wildman–Crippen MR) is 72.5 cm³/mol. The van der Waals surface area contributed by atoms with Crippen LogP contribution in [0, 0.1) is 11.6 Å². The third-order valence-electron chi connectivity index (χ3n) is 4.11. The topological polar surface area (TPSA) is 24.5 Å². The first kappa shape index (κ1) is 13.9. The maximum absolute atomic E-state index is 14.2. The van der Waals surface area contributed by atoms with E-state index >= 15 is 0 Å². The van der Waals surface area contributed by atoms with E-state index in [1.54, 1.807) is 12.1 Å². The lowest BCUT2D eigenvalue weighted by Gasteiger charge is -2.42. The Morgan fingerprint density at radius 3 is 2.85 bits per heavy atom. The number of hydrogen-bond donors (Lipinski definition) is 1. The van der Waals surface area contributed by atoms with Crippen LogP contribution >= 0.6 is 0 Å². The van der Waals surface area contributed by atoms with E-state index in [4.69, 9.17) is 4.74 Å². The van der Waals surface area contributed by atoms with Gasteiger partial charge in [-0.25, -0.2) is 8.78 Å². The largest absolute Gasteiger partial charge is 0.374 e. The van der Waals surface area contributed by atoms with Crippen LogP contribution in [-0.4, -0.2) is 43.8 Å². The van der Waals surface area contributed by atoms with Crippen LogP contribution in [0.3, 0.4) is 0 Å². The molecule has 0 spiro atoms. The van der Waals surface area contributed by atoms with Gasteiger partial charge in [0.15, 0.2) is 11.6 Å². The number of ether oxygens (including phenoxy) is 1. The fourth-order valence-electron chi connectivity index (χ4n) is 3.07. The van der Waals surface area contributed by atoms with Crippen LogP contribution in [0.15, 0.2) is 18.2 Å². The quantitative estimate of drug-likeness (QED) is 0.915. The van der Waals surface area contributed by atoms with E-state index < -0.39 is 11.6 Å². The molecular weight excluding hydrogens is 262 g/mol. The summed E-state index contributed by atoms with van der Waals surface area (Å²) in [7, 11) is 1.85. The van der Waals surface area contributed by atoms with Gasteiger partial charge in [0.2, 0.25) is 0 Å². The molecule has 5 heteroatoms. The molecule has 1 N–H and O–H groups in total. The van der Waals surface area contributed by atoms with Crippen molar-refractivity contribution in [3.8, 4) is 0 Å². The molecule has 2 unspecified atom stereocenters. The van der Waals surface area contributed by atoms with Gasteiger partial charge in [0.05, 0.1) is 18.8 Å². The molecule has 110 valence electrons. The van der Waals surface area contributed by atoms with Gasteiger partial charge in [0, 0.05) is 24.7 Å². The minimum Gasteiger partial charge on any atom is -0.374 e. The number of nitrogens with zero attached hydrogens (tertiary/aromatic N) is 1. The summed E-state index contributed by atoms with van der Waals surface area (Å²) in [5.41, 5.74) is 0.414. The first-order valence-corrected chi connectivity index (χ1v) is 7.18. The fraction of sp³-hybridized carbons (Fsp3) is 0.600. The number of likely N-dealkylation sites (N-methyl/N-ethyl adjacent to an activating group) is 1. The maximum Gasteiger partial charge on any atom is 0.163 e. The van der Waals surface area contributed by atoms with Crippen LogP contribution in [0.2, 0.25) is 0 Å². The third kappa shape index (κ3) is 2.57. The van der Waals surface area contributed by atoms with Gasteiger partial charge >= 0.3 is 0 Å². The summed E-state index contributed by atoms with van der Waals surface area (Å²) in [6, 6.07) is 4.70. The number of halogens is 2. The molecule has 0 aromatic heterocycles. The monoisotopic (exact) mass is 282 g/mol. The second-order valence-electron chi connectivity index (χ2n) is 5.52. The van der Waals surface area contributed by atoms with Crippen LogP contribution in [0.4, 0.5) is 8.78 Å². The summed E-state index contributed by atoms with van der Waals surface area (Å²) in [5, 5.41) is 3.08. The fourth-order valence-corrected chi connectivity index (χ4v) is 3.07. The van der Waals surface area contributed by atoms with E-state index in [-0.39, 0.29) is 12.1 Å². The minimum absolute atomic E-state index is 0.148. The van der Waals surface area contributed by atoms with Crippen LogP contribution in [0.5, 0.6) is 0 Å². The van der Waals surface area contributed by atoms with E-state index in [1.807, 2.05) is 7.05 Å². The lowest BCUT2D eigenvalue weighted by Crippen LogP contribution is -2.49. The van der Waals surface area contributed by atoms with Gasteiger partial charge in [0.1, 0.15) is 0 Å². The molecule has 0 amide bonds. The highest BCUT2D eigenvalue weighted by atomic mass is 19.2. The first-order chi connectivity index (χ1) is 9.72. The lowest BCUT2D eigenvalue weighted by molar-refractivity contribution is -0.0751. The summed E-state index contributed by atoms with van der Waals surface area (Å²) in [6.45, 7) is 2.06. The Bertz CT molecular complexity index is 477. The maximum atomic E-state index is 14.2. The summed E-state index contributed by atoms with van der Waals surface area (Å²) >= 11 is 0. The van der Waals surface area contributed by atoms with Crippen molar-refractivity contribution in [2.24, 2.45) is 0 Å². The zero-order valence-corrected chi connectivity index (χ0v) is 11.6. The smallest absolute Gasteiger partial charge is 0.163 e. The molecule has 1 aromatic carbocycles. The summed E-state index contributed by atoms with van der Waals surface area (Å²) in [6.07, 6.45) is 2.13. The van der Waals surface area contributed by atoms with Gasteiger partial charge < -0.3 is 10.1 Å². The number of hydrogen-bond acceptors (Lipinski definition) is 3. The van der Waals surface area contributed by atoms with Crippen LogP contribution in [-0.2, 0) is 4.74 Å². The Hall–Kier alpha value is -1.04. The van der Waals surface area contributed by atoms with E-state index in [0.29, 0.717) is 24.8 Å². The second kappa shape index (κ2) is 5.76. The first-order valence-electron chi connectivity index (χ1n) is 7.18. The van der Waals surface area contributed by atoms with Crippen molar-refractivity contribution < 1.29 is 13.5 Å². The van der Waals surface area contributed by atoms with Crippen molar-refractivity contribution in [1.29, 1.82) is 0 Å². The third-order valence-corrected chi connectivity index (χ3v) is 4.11. The Labute approximate surface area is 117 Å². The molecule has 1 saturated carbocycles. The van der Waals surface area contributed by atoms with Crippen molar-refractivity contribution >= 4 is 0 Å². The number of nitrogens with one attached hydrogen (secondary N) is 1. The Balaban J connectivity index is 1.96. The van der Waals surface area contributed by atoms with Gasteiger partial charge in [-0.3, -0.25) is 4.90 Å². The minimum atomic E-state index is -0.785. The van der Waals surface area contributed by atoms with Crippen LogP contribution in [0.25, 0.3) is 0 Å². The Morgan fingerprint density at radius 2 is 2.15 bits per heavy atom. The van der Waals surface area contributed by atoms with E-state index in [2.05, 4.69) is 10.2 Å². The Kier molecular flexibility index (Phi) is 4.01. The molecule has 2 aliphatic rings. The van der Waals surface area contributed by atoms with Crippen molar-refractivity contribution in [2.45, 2.75) is 31.0 Å². The number of morpholine rings is 1. The van der Waals surface area contributed by atoms with Crippen molar-refractivity contribution in [2.75, 3.05) is 26.7 Å². The zero-order valence-electron chi connectivity index (χ0n) is 11.6. The lowest BCUT2D eigenvalue weighted by atomic mass is 9.96. The molecule has 1 aliphatic heterocycles. The van der Waals surface area contributed by atoms with Crippen LogP contribution < -0.4 is 5.32 Å². The molecule has 3 rings (SSSR count). The SMILES string of the molecule is CNCC1OCCN(C2CC2)C1c1cccc(F)c1F. The predicted octanol–water partition coefficient (Wildman–Crippen LogP) is 2.09.